The molecular weight excluding hydrogens is 368 g/mol. The van der Waals surface area contributed by atoms with Crippen LogP contribution in [0.2, 0.25) is 5.02 Å². The SMILES string of the molecule is CC(C)N1C(=O)[C@@]2(CC(=O)Nc3c2c(=O)[nH]n3C(C)C)c2cc(Cl)ccc21. The minimum atomic E-state index is -1.37. The number of hydrogen-bond acceptors (Lipinski definition) is 3. The molecular formula is C19H21ClN4O3. The van der Waals surface area contributed by atoms with Crippen LogP contribution in [-0.2, 0) is 15.0 Å². The first-order valence-electron chi connectivity index (χ1n) is 8.97. The molecule has 2 aromatic rings. The molecule has 3 heterocycles. The molecule has 4 rings (SSSR count). The number of rotatable bonds is 2. The molecule has 0 saturated carbocycles. The zero-order chi connectivity index (χ0) is 19.7. The summed E-state index contributed by atoms with van der Waals surface area (Å²) in [5.74, 6) is -0.213. The maximum atomic E-state index is 13.7. The Morgan fingerprint density at radius 3 is 2.44 bits per heavy atom. The first kappa shape index (κ1) is 17.9. The van der Waals surface area contributed by atoms with Crippen LogP contribution >= 0.6 is 11.6 Å². The molecule has 2 amide bonds. The van der Waals surface area contributed by atoms with Crippen molar-refractivity contribution in [2.75, 3.05) is 10.2 Å². The molecule has 0 fully saturated rings. The lowest BCUT2D eigenvalue weighted by atomic mass is 9.71. The number of carbonyl (C=O) groups is 2. The third-order valence-electron chi connectivity index (χ3n) is 5.33. The van der Waals surface area contributed by atoms with E-state index in [2.05, 4.69) is 10.4 Å². The van der Waals surface area contributed by atoms with E-state index in [1.54, 1.807) is 27.8 Å². The summed E-state index contributed by atoms with van der Waals surface area (Å²) in [5, 5.41) is 6.02. The van der Waals surface area contributed by atoms with Gasteiger partial charge in [0.1, 0.15) is 11.2 Å². The number of carbonyl (C=O) groups excluding carboxylic acids is 2. The Labute approximate surface area is 161 Å². The third-order valence-corrected chi connectivity index (χ3v) is 5.57. The number of amides is 2. The van der Waals surface area contributed by atoms with Crippen molar-refractivity contribution in [3.8, 4) is 0 Å². The second-order valence-corrected chi connectivity index (χ2v) is 8.13. The highest BCUT2D eigenvalue weighted by Crippen LogP contribution is 2.52. The molecule has 0 unspecified atom stereocenters. The minimum Gasteiger partial charge on any atom is -0.311 e. The van der Waals surface area contributed by atoms with Crippen molar-refractivity contribution in [2.45, 2.75) is 51.6 Å². The van der Waals surface area contributed by atoms with Crippen LogP contribution in [0.4, 0.5) is 11.5 Å². The zero-order valence-corrected chi connectivity index (χ0v) is 16.3. The number of aromatic nitrogens is 2. The van der Waals surface area contributed by atoms with Gasteiger partial charge in [-0.3, -0.25) is 24.2 Å². The molecule has 2 aliphatic rings. The van der Waals surface area contributed by atoms with Gasteiger partial charge in [-0.05, 0) is 51.5 Å². The van der Waals surface area contributed by atoms with Gasteiger partial charge < -0.3 is 10.2 Å². The Bertz CT molecular complexity index is 1040. The van der Waals surface area contributed by atoms with E-state index in [9.17, 15) is 14.4 Å². The normalized spacial score (nSPS) is 21.2. The molecule has 0 saturated heterocycles. The summed E-state index contributed by atoms with van der Waals surface area (Å²) in [6.07, 6.45) is -0.124. The number of aromatic amines is 1. The molecule has 1 aromatic carbocycles. The maximum Gasteiger partial charge on any atom is 0.270 e. The first-order chi connectivity index (χ1) is 12.7. The molecule has 1 spiro atoms. The second-order valence-electron chi connectivity index (χ2n) is 7.69. The number of H-pyrrole nitrogens is 1. The van der Waals surface area contributed by atoms with Crippen LogP contribution < -0.4 is 15.8 Å². The van der Waals surface area contributed by atoms with Crippen LogP contribution in [0.1, 0.15) is 51.3 Å². The first-order valence-corrected chi connectivity index (χ1v) is 9.34. The monoisotopic (exact) mass is 388 g/mol. The van der Waals surface area contributed by atoms with Crippen molar-refractivity contribution in [1.82, 2.24) is 9.78 Å². The summed E-state index contributed by atoms with van der Waals surface area (Å²) in [5.41, 5.74) is -0.153. The van der Waals surface area contributed by atoms with E-state index in [-0.39, 0.29) is 41.4 Å². The predicted molar refractivity (Wildman–Crippen MR) is 104 cm³/mol. The Balaban J connectivity index is 2.11. The lowest BCUT2D eigenvalue weighted by Crippen LogP contribution is -2.50. The molecule has 8 heteroatoms. The lowest BCUT2D eigenvalue weighted by Gasteiger charge is -2.33. The molecule has 1 aromatic heterocycles. The summed E-state index contributed by atoms with van der Waals surface area (Å²) in [6, 6.07) is 4.98. The summed E-state index contributed by atoms with van der Waals surface area (Å²) in [6.45, 7) is 7.60. The maximum absolute atomic E-state index is 13.7. The Hall–Kier alpha value is -2.54. The van der Waals surface area contributed by atoms with E-state index >= 15 is 0 Å². The van der Waals surface area contributed by atoms with Gasteiger partial charge in [0, 0.05) is 22.8 Å². The van der Waals surface area contributed by atoms with Crippen LogP contribution in [0.25, 0.3) is 0 Å². The minimum absolute atomic E-state index is 0.0894. The molecule has 0 bridgehead atoms. The third kappa shape index (κ3) is 2.24. The van der Waals surface area contributed by atoms with Crippen LogP contribution in [-0.4, -0.2) is 27.6 Å². The van der Waals surface area contributed by atoms with Crippen molar-refractivity contribution in [3.63, 3.8) is 0 Å². The number of anilines is 2. The average molecular weight is 389 g/mol. The molecule has 1 atom stereocenters. The van der Waals surface area contributed by atoms with Crippen LogP contribution in [0.15, 0.2) is 23.0 Å². The van der Waals surface area contributed by atoms with Gasteiger partial charge in [-0.25, -0.2) is 0 Å². The number of nitrogens with zero attached hydrogens (tertiary/aromatic N) is 2. The molecule has 2 aliphatic heterocycles. The van der Waals surface area contributed by atoms with Gasteiger partial charge in [0.25, 0.3) is 5.56 Å². The fraction of sp³-hybridized carbons (Fsp3) is 0.421. The molecule has 2 N–H and O–H groups in total. The number of fused-ring (bicyclic) bond motifs is 4. The molecule has 7 nitrogen and oxygen atoms in total. The topological polar surface area (TPSA) is 87.2 Å². The van der Waals surface area contributed by atoms with Gasteiger partial charge in [-0.1, -0.05) is 11.6 Å². The van der Waals surface area contributed by atoms with E-state index in [1.807, 2.05) is 27.7 Å². The summed E-state index contributed by atoms with van der Waals surface area (Å²) < 4.78 is 1.60. The van der Waals surface area contributed by atoms with Gasteiger partial charge in [-0.15, -0.1) is 0 Å². The van der Waals surface area contributed by atoms with Crippen molar-refractivity contribution in [1.29, 1.82) is 0 Å². The number of halogens is 1. The van der Waals surface area contributed by atoms with Crippen LogP contribution in [0, 0.1) is 0 Å². The smallest absolute Gasteiger partial charge is 0.270 e. The number of hydrogen-bond donors (Lipinski definition) is 2. The number of nitrogens with one attached hydrogen (secondary N) is 2. The van der Waals surface area contributed by atoms with Gasteiger partial charge in [0.2, 0.25) is 11.8 Å². The van der Waals surface area contributed by atoms with Crippen molar-refractivity contribution < 1.29 is 9.59 Å². The van der Waals surface area contributed by atoms with Crippen molar-refractivity contribution in [3.05, 3.63) is 44.7 Å². The van der Waals surface area contributed by atoms with Crippen molar-refractivity contribution in [2.24, 2.45) is 0 Å². The quantitative estimate of drug-likeness (QED) is 0.829. The van der Waals surface area contributed by atoms with E-state index in [0.29, 0.717) is 22.1 Å². The van der Waals surface area contributed by atoms with E-state index in [0.717, 1.165) is 0 Å². The van der Waals surface area contributed by atoms with Gasteiger partial charge >= 0.3 is 0 Å². The summed E-state index contributed by atoms with van der Waals surface area (Å²) in [4.78, 5) is 40.9. The van der Waals surface area contributed by atoms with Gasteiger partial charge in [-0.2, -0.15) is 0 Å². The van der Waals surface area contributed by atoms with Gasteiger partial charge in [0.05, 0.1) is 12.0 Å². The van der Waals surface area contributed by atoms with E-state index in [4.69, 9.17) is 11.6 Å². The molecule has 27 heavy (non-hydrogen) atoms. The second kappa shape index (κ2) is 5.73. The summed E-state index contributed by atoms with van der Waals surface area (Å²) in [7, 11) is 0. The lowest BCUT2D eigenvalue weighted by molar-refractivity contribution is -0.127. The van der Waals surface area contributed by atoms with Crippen LogP contribution in [0.3, 0.4) is 0 Å². The number of benzene rings is 1. The summed E-state index contributed by atoms with van der Waals surface area (Å²) >= 11 is 6.24. The Morgan fingerprint density at radius 2 is 1.81 bits per heavy atom. The van der Waals surface area contributed by atoms with E-state index in [1.165, 1.54) is 0 Å². The highest BCUT2D eigenvalue weighted by Gasteiger charge is 2.58. The Kier molecular flexibility index (Phi) is 3.79. The van der Waals surface area contributed by atoms with Gasteiger partial charge in [0.15, 0.2) is 0 Å². The Morgan fingerprint density at radius 1 is 1.11 bits per heavy atom. The molecule has 0 aliphatic carbocycles. The van der Waals surface area contributed by atoms with Crippen LogP contribution in [0.5, 0.6) is 0 Å². The fourth-order valence-electron chi connectivity index (χ4n) is 4.28. The standard InChI is InChI=1S/C19H21ClN4O3/c1-9(2)23-13-6-5-11(20)7-12(13)19(18(23)27)8-14(25)21-16-15(19)17(26)22-24(16)10(3)4/h5-7,9-10H,8H2,1-4H3,(H,21,25)(H,22,26)/t19-/m0/s1. The highest BCUT2D eigenvalue weighted by atomic mass is 35.5. The van der Waals surface area contributed by atoms with Crippen molar-refractivity contribution >= 4 is 34.9 Å². The molecule has 142 valence electrons. The van der Waals surface area contributed by atoms with E-state index < -0.39 is 5.41 Å². The fourth-order valence-corrected chi connectivity index (χ4v) is 4.45. The largest absolute Gasteiger partial charge is 0.311 e. The predicted octanol–water partition coefficient (Wildman–Crippen LogP) is 2.79. The average Bonchev–Trinajstić information content (AvgIpc) is 3.02. The molecule has 0 radical (unpaired) electrons. The highest BCUT2D eigenvalue weighted by molar-refractivity contribution is 6.31. The zero-order valence-electron chi connectivity index (χ0n) is 15.6.